The number of rotatable bonds is 6. The number of nitrogens with zero attached hydrogens (tertiary/aromatic N) is 9. The highest BCUT2D eigenvalue weighted by Crippen LogP contribution is 2.33. The largest absolute Gasteiger partial charge is 0.349 e. The molecule has 206 valence electrons. The van der Waals surface area contributed by atoms with Crippen LogP contribution in [0.5, 0.6) is 0 Å². The Morgan fingerprint density at radius 2 is 1.83 bits per heavy atom. The van der Waals surface area contributed by atoms with Gasteiger partial charge in [-0.25, -0.2) is 28.8 Å². The maximum Gasteiger partial charge on any atom is 0.285 e. The van der Waals surface area contributed by atoms with E-state index in [1.165, 1.54) is 27.7 Å². The average Bonchev–Trinajstić information content (AvgIpc) is 3.60. The molecule has 6 aromatic rings. The number of hydrogen-bond donors (Lipinski definition) is 1. The van der Waals surface area contributed by atoms with Crippen LogP contribution < -0.4 is 10.5 Å². The monoisotopic (exact) mass is 568 g/mol. The van der Waals surface area contributed by atoms with Gasteiger partial charge in [0.25, 0.3) is 5.56 Å². The normalized spacial score (nSPS) is 10.8. The number of nitrogens with one attached hydrogen (secondary N) is 1. The van der Waals surface area contributed by atoms with E-state index in [0.29, 0.717) is 35.1 Å². The first-order chi connectivity index (χ1) is 20.0. The van der Waals surface area contributed by atoms with Crippen LogP contribution in [-0.2, 0) is 6.54 Å². The SMILES string of the molecule is CCN(Cc1nn2ccc(F)c2c(=O)n1-c1ccccc1)c1ncnc2[nH]cc(-c3cnc(C#N)nc3)c12.CSC. The minimum absolute atomic E-state index is 0.0713. The fourth-order valence-corrected chi connectivity index (χ4v) is 4.47. The number of para-hydroxylation sites is 1. The van der Waals surface area contributed by atoms with Gasteiger partial charge >= 0.3 is 0 Å². The lowest BCUT2D eigenvalue weighted by atomic mass is 10.1. The third-order valence-corrected chi connectivity index (χ3v) is 6.24. The maximum absolute atomic E-state index is 14.5. The fraction of sp³-hybridized carbons (Fsp3) is 0.179. The summed E-state index contributed by atoms with van der Waals surface area (Å²) in [6, 6.07) is 12.1. The molecule has 0 bridgehead atoms. The third-order valence-electron chi connectivity index (χ3n) is 6.24. The Morgan fingerprint density at radius 3 is 2.51 bits per heavy atom. The summed E-state index contributed by atoms with van der Waals surface area (Å²) in [5.74, 6) is 0.440. The van der Waals surface area contributed by atoms with Gasteiger partial charge in [-0.3, -0.25) is 9.36 Å². The Balaban J connectivity index is 0.00000108. The summed E-state index contributed by atoms with van der Waals surface area (Å²) in [6.45, 7) is 2.67. The second kappa shape index (κ2) is 12.0. The van der Waals surface area contributed by atoms with Crippen molar-refractivity contribution in [3.05, 3.63) is 95.3 Å². The molecule has 5 heterocycles. The van der Waals surface area contributed by atoms with E-state index in [1.54, 1.807) is 42.5 Å². The van der Waals surface area contributed by atoms with Crippen LogP contribution in [0.3, 0.4) is 0 Å². The average molecular weight is 569 g/mol. The third kappa shape index (κ3) is 5.24. The smallest absolute Gasteiger partial charge is 0.285 e. The first kappa shape index (κ1) is 27.5. The van der Waals surface area contributed by atoms with Crippen molar-refractivity contribution in [1.82, 2.24) is 39.1 Å². The number of anilines is 1. The topological polar surface area (TPSA) is 134 Å². The predicted octanol–water partition coefficient (Wildman–Crippen LogP) is 4.23. The van der Waals surface area contributed by atoms with Crippen LogP contribution in [0.25, 0.3) is 33.4 Å². The van der Waals surface area contributed by atoms with Gasteiger partial charge in [0.2, 0.25) is 5.82 Å². The number of halogens is 1. The first-order valence-corrected chi connectivity index (χ1v) is 14.2. The van der Waals surface area contributed by atoms with E-state index in [0.717, 1.165) is 10.9 Å². The molecule has 1 aromatic carbocycles. The van der Waals surface area contributed by atoms with Crippen LogP contribution >= 0.6 is 11.8 Å². The highest BCUT2D eigenvalue weighted by Gasteiger charge is 2.22. The van der Waals surface area contributed by atoms with E-state index < -0.39 is 11.4 Å². The number of benzene rings is 1. The minimum Gasteiger partial charge on any atom is -0.349 e. The molecular weight excluding hydrogens is 543 g/mol. The Kier molecular flexibility index (Phi) is 8.02. The Morgan fingerprint density at radius 1 is 1.10 bits per heavy atom. The highest BCUT2D eigenvalue weighted by atomic mass is 32.2. The fourth-order valence-electron chi connectivity index (χ4n) is 4.47. The van der Waals surface area contributed by atoms with Crippen molar-refractivity contribution in [3.8, 4) is 22.9 Å². The van der Waals surface area contributed by atoms with Gasteiger partial charge in [-0.1, -0.05) is 18.2 Å². The van der Waals surface area contributed by atoms with Gasteiger partial charge < -0.3 is 9.88 Å². The lowest BCUT2D eigenvalue weighted by Gasteiger charge is -2.24. The van der Waals surface area contributed by atoms with Gasteiger partial charge in [0.15, 0.2) is 17.2 Å². The molecule has 0 radical (unpaired) electrons. The predicted molar refractivity (Wildman–Crippen MR) is 157 cm³/mol. The molecule has 11 nitrogen and oxygen atoms in total. The minimum atomic E-state index is -0.634. The molecule has 0 saturated heterocycles. The number of H-pyrrole nitrogens is 1. The van der Waals surface area contributed by atoms with Crippen LogP contribution in [-0.4, -0.2) is 58.2 Å². The molecule has 0 amide bonds. The van der Waals surface area contributed by atoms with Gasteiger partial charge in [-0.2, -0.15) is 22.1 Å². The molecule has 0 unspecified atom stereocenters. The molecule has 41 heavy (non-hydrogen) atoms. The lowest BCUT2D eigenvalue weighted by Crippen LogP contribution is -2.32. The van der Waals surface area contributed by atoms with Crippen LogP contribution in [0, 0.1) is 17.1 Å². The summed E-state index contributed by atoms with van der Waals surface area (Å²) in [6.07, 6.45) is 11.9. The zero-order valence-electron chi connectivity index (χ0n) is 22.5. The zero-order valence-corrected chi connectivity index (χ0v) is 23.3. The summed E-state index contributed by atoms with van der Waals surface area (Å²) in [7, 11) is 0. The summed E-state index contributed by atoms with van der Waals surface area (Å²) in [5.41, 5.74) is 1.98. The number of aromatic nitrogens is 8. The Labute approximate surface area is 238 Å². The molecule has 5 aromatic heterocycles. The molecule has 0 atom stereocenters. The molecule has 0 fully saturated rings. The summed E-state index contributed by atoms with van der Waals surface area (Å²) >= 11 is 1.75. The highest BCUT2D eigenvalue weighted by molar-refractivity contribution is 7.97. The quantitative estimate of drug-likeness (QED) is 0.313. The van der Waals surface area contributed by atoms with Crippen molar-refractivity contribution in [2.75, 3.05) is 24.0 Å². The first-order valence-electron chi connectivity index (χ1n) is 12.5. The van der Waals surface area contributed by atoms with Crippen molar-refractivity contribution in [2.24, 2.45) is 0 Å². The van der Waals surface area contributed by atoms with Crippen molar-refractivity contribution in [2.45, 2.75) is 13.5 Å². The molecule has 0 aliphatic heterocycles. The molecule has 13 heteroatoms. The lowest BCUT2D eigenvalue weighted by molar-refractivity contribution is 0.629. The summed E-state index contributed by atoms with van der Waals surface area (Å²) in [4.78, 5) is 35.7. The van der Waals surface area contributed by atoms with Crippen molar-refractivity contribution in [3.63, 3.8) is 0 Å². The molecule has 0 aliphatic rings. The molecule has 1 N–H and O–H groups in total. The standard InChI is InChI=1S/C26H19FN10O.C2H6S/c1-2-35(25-22-18(13-31-24(22)32-15-33-25)16-11-29-20(10-28)30-12-16)14-21-34-36-9-8-19(27)23(36)26(38)37(21)17-6-4-3-5-7-17;1-3-2/h3-9,11-13,15H,2,14H2,1H3,(H,31,32,33);1-2H3. The number of hydrogen-bond acceptors (Lipinski definition) is 9. The van der Waals surface area contributed by atoms with Gasteiger partial charge in [-0.05, 0) is 37.6 Å². The summed E-state index contributed by atoms with van der Waals surface area (Å²) in [5, 5.41) is 14.4. The van der Waals surface area contributed by atoms with Crippen LogP contribution in [0.2, 0.25) is 0 Å². The number of nitriles is 1. The van der Waals surface area contributed by atoms with E-state index in [9.17, 15) is 9.18 Å². The maximum atomic E-state index is 14.5. The second-order valence-electron chi connectivity index (χ2n) is 8.80. The zero-order chi connectivity index (χ0) is 28.9. The Bertz CT molecular complexity index is 1910. The molecule has 6 rings (SSSR count). The van der Waals surface area contributed by atoms with Crippen molar-refractivity contribution < 1.29 is 4.39 Å². The van der Waals surface area contributed by atoms with Gasteiger partial charge in [0, 0.05) is 42.5 Å². The van der Waals surface area contributed by atoms with Gasteiger partial charge in [0.05, 0.1) is 17.6 Å². The van der Waals surface area contributed by atoms with E-state index in [1.807, 2.05) is 48.6 Å². The van der Waals surface area contributed by atoms with Gasteiger partial charge in [-0.15, -0.1) is 0 Å². The van der Waals surface area contributed by atoms with E-state index in [-0.39, 0.29) is 17.9 Å². The van der Waals surface area contributed by atoms with Crippen LogP contribution in [0.4, 0.5) is 10.2 Å². The molecule has 0 saturated carbocycles. The molecule has 0 aliphatic carbocycles. The van der Waals surface area contributed by atoms with E-state index >= 15 is 0 Å². The molecular formula is C28H25FN10OS. The number of thioether (sulfide) groups is 1. The van der Waals surface area contributed by atoms with E-state index in [2.05, 4.69) is 30.0 Å². The number of fused-ring (bicyclic) bond motifs is 2. The van der Waals surface area contributed by atoms with E-state index in [4.69, 9.17) is 5.26 Å². The van der Waals surface area contributed by atoms with Crippen LogP contribution in [0.15, 0.2) is 72.3 Å². The van der Waals surface area contributed by atoms with Crippen molar-refractivity contribution >= 4 is 34.1 Å². The second-order valence-corrected chi connectivity index (χ2v) is 9.62. The number of aromatic amines is 1. The summed E-state index contributed by atoms with van der Waals surface area (Å²) < 4.78 is 17.2. The van der Waals surface area contributed by atoms with Gasteiger partial charge in [0.1, 0.15) is 23.9 Å². The van der Waals surface area contributed by atoms with Crippen molar-refractivity contribution in [1.29, 1.82) is 5.26 Å². The Hall–Kier alpha value is -5.09. The molecule has 0 spiro atoms. The van der Waals surface area contributed by atoms with Crippen LogP contribution in [0.1, 0.15) is 18.6 Å².